The van der Waals surface area contributed by atoms with Gasteiger partial charge in [0, 0.05) is 69.9 Å². The molecular formula is C25H34ClN5O3S. The molecule has 1 N–H and O–H groups in total. The van der Waals surface area contributed by atoms with E-state index in [4.69, 9.17) is 26.3 Å². The van der Waals surface area contributed by atoms with Gasteiger partial charge in [0.2, 0.25) is 11.9 Å². The zero-order valence-corrected chi connectivity index (χ0v) is 22.3. The van der Waals surface area contributed by atoms with E-state index in [1.54, 1.807) is 26.1 Å². The van der Waals surface area contributed by atoms with Crippen molar-refractivity contribution in [2.75, 3.05) is 63.4 Å². The number of carbonyl (C=O) groups excluding carboxylic acids is 1. The number of anilines is 2. The number of nitrogens with one attached hydrogen (secondary N) is 1. The van der Waals surface area contributed by atoms with Gasteiger partial charge in [-0.05, 0) is 37.0 Å². The number of methoxy groups -OCH3 is 1. The number of aryl methyl sites for hydroxylation is 1. The van der Waals surface area contributed by atoms with Gasteiger partial charge in [-0.15, -0.1) is 0 Å². The normalized spacial score (nSPS) is 18.9. The first kappa shape index (κ1) is 25.9. The van der Waals surface area contributed by atoms with Crippen molar-refractivity contribution in [3.63, 3.8) is 0 Å². The van der Waals surface area contributed by atoms with E-state index >= 15 is 0 Å². The highest BCUT2D eigenvalue weighted by atomic mass is 35.5. The highest BCUT2D eigenvalue weighted by Crippen LogP contribution is 2.38. The molecule has 190 valence electrons. The zero-order chi connectivity index (χ0) is 25.0. The Labute approximate surface area is 214 Å². The van der Waals surface area contributed by atoms with Crippen LogP contribution in [0.15, 0.2) is 29.2 Å². The van der Waals surface area contributed by atoms with Gasteiger partial charge in [0.05, 0.1) is 23.1 Å². The van der Waals surface area contributed by atoms with Crippen LogP contribution in [0, 0.1) is 0 Å². The highest BCUT2D eigenvalue weighted by Gasteiger charge is 2.37. The molecule has 0 aliphatic carbocycles. The first-order valence-electron chi connectivity index (χ1n) is 12.1. The van der Waals surface area contributed by atoms with Crippen LogP contribution in [0.1, 0.15) is 36.9 Å². The molecule has 2 aliphatic rings. The lowest BCUT2D eigenvalue weighted by molar-refractivity contribution is -0.128. The summed E-state index contributed by atoms with van der Waals surface area (Å²) in [4.78, 5) is 26.0. The van der Waals surface area contributed by atoms with Gasteiger partial charge in [-0.1, -0.05) is 23.7 Å². The lowest BCUT2D eigenvalue weighted by Gasteiger charge is -2.42. The van der Waals surface area contributed by atoms with E-state index in [-0.39, 0.29) is 11.3 Å². The molecule has 1 unspecified atom stereocenters. The zero-order valence-electron chi connectivity index (χ0n) is 20.7. The van der Waals surface area contributed by atoms with Gasteiger partial charge in [0.1, 0.15) is 10.7 Å². The molecule has 0 bridgehead atoms. The number of rotatable bonds is 9. The number of nitrogens with zero attached hydrogens (tertiary/aromatic N) is 4. The van der Waals surface area contributed by atoms with Crippen LogP contribution in [-0.4, -0.2) is 78.2 Å². The molecule has 1 amide bonds. The van der Waals surface area contributed by atoms with Crippen LogP contribution in [0.3, 0.4) is 0 Å². The molecule has 4 rings (SSSR count). The highest BCUT2D eigenvalue weighted by molar-refractivity contribution is 7.85. The van der Waals surface area contributed by atoms with Crippen molar-refractivity contribution < 1.29 is 13.7 Å². The molecule has 3 heterocycles. The standard InChI is InChI=1S/C25H34ClN5O3S/c1-30(2)21(32)5-4-13-27-23-22-20(10-16-35(22)33)28-24(29-23)31-14-11-25(12-15-31,17-34-3)18-6-8-19(26)9-7-18/h6-9H,4-5,10-17H2,1-3H3,(H,27,28,29). The van der Waals surface area contributed by atoms with Crippen LogP contribution in [-0.2, 0) is 32.2 Å². The van der Waals surface area contributed by atoms with Crippen molar-refractivity contribution in [3.8, 4) is 0 Å². The largest absolute Gasteiger partial charge is 0.384 e. The van der Waals surface area contributed by atoms with Crippen LogP contribution in [0.25, 0.3) is 0 Å². The number of hydrogen-bond acceptors (Lipinski definition) is 7. The predicted octanol–water partition coefficient (Wildman–Crippen LogP) is 3.26. The van der Waals surface area contributed by atoms with E-state index in [0.717, 1.165) is 41.5 Å². The summed E-state index contributed by atoms with van der Waals surface area (Å²) >= 11 is 6.12. The minimum absolute atomic E-state index is 0.0753. The Morgan fingerprint density at radius 2 is 1.94 bits per heavy atom. The third kappa shape index (κ3) is 5.78. The average Bonchev–Trinajstić information content (AvgIpc) is 3.23. The maximum Gasteiger partial charge on any atom is 0.227 e. The smallest absolute Gasteiger partial charge is 0.227 e. The third-order valence-electron chi connectivity index (χ3n) is 6.92. The quantitative estimate of drug-likeness (QED) is 0.509. The van der Waals surface area contributed by atoms with Gasteiger partial charge in [-0.2, -0.15) is 4.98 Å². The van der Waals surface area contributed by atoms with Crippen LogP contribution in [0.2, 0.25) is 5.02 Å². The van der Waals surface area contributed by atoms with Crippen LogP contribution >= 0.6 is 11.6 Å². The van der Waals surface area contributed by atoms with E-state index < -0.39 is 10.8 Å². The number of fused-ring (bicyclic) bond motifs is 1. The van der Waals surface area contributed by atoms with Gasteiger partial charge < -0.3 is 19.9 Å². The molecule has 1 aromatic carbocycles. The second-order valence-corrected chi connectivity index (χ2v) is 11.4. The lowest BCUT2D eigenvalue weighted by Crippen LogP contribution is -2.45. The molecule has 1 fully saturated rings. The van der Waals surface area contributed by atoms with E-state index in [1.807, 2.05) is 12.1 Å². The Morgan fingerprint density at radius 1 is 1.23 bits per heavy atom. The van der Waals surface area contributed by atoms with Crippen molar-refractivity contribution in [2.45, 2.75) is 42.4 Å². The monoisotopic (exact) mass is 519 g/mol. The van der Waals surface area contributed by atoms with Gasteiger partial charge in [0.25, 0.3) is 0 Å². The molecule has 2 aromatic rings. The Bertz CT molecular complexity index is 1070. The number of carbonyl (C=O) groups is 1. The van der Waals surface area contributed by atoms with Crippen molar-refractivity contribution in [1.29, 1.82) is 0 Å². The van der Waals surface area contributed by atoms with Crippen LogP contribution in [0.5, 0.6) is 0 Å². The Hall–Kier alpha value is -2.23. The number of amides is 1. The number of ether oxygens (including phenoxy) is 1. The SMILES string of the molecule is COCC1(c2ccc(Cl)cc2)CCN(c2nc3c(c(NCCCC(=O)N(C)C)n2)S(=O)CC3)CC1. The topological polar surface area (TPSA) is 87.7 Å². The summed E-state index contributed by atoms with van der Waals surface area (Å²) in [6, 6.07) is 8.07. The number of halogens is 1. The van der Waals surface area contributed by atoms with E-state index in [2.05, 4.69) is 22.3 Å². The Kier molecular flexibility index (Phi) is 8.29. The predicted molar refractivity (Wildman–Crippen MR) is 140 cm³/mol. The first-order chi connectivity index (χ1) is 16.8. The number of piperidine rings is 1. The second-order valence-electron chi connectivity index (χ2n) is 9.47. The maximum atomic E-state index is 12.6. The molecule has 1 saturated heterocycles. The minimum atomic E-state index is -1.09. The van der Waals surface area contributed by atoms with Crippen LogP contribution in [0.4, 0.5) is 11.8 Å². The van der Waals surface area contributed by atoms with Crippen LogP contribution < -0.4 is 10.2 Å². The lowest BCUT2D eigenvalue weighted by atomic mass is 9.73. The minimum Gasteiger partial charge on any atom is -0.384 e. The van der Waals surface area contributed by atoms with Gasteiger partial charge in [-0.3, -0.25) is 9.00 Å². The fourth-order valence-corrected chi connectivity index (χ4v) is 6.30. The molecule has 35 heavy (non-hydrogen) atoms. The number of benzene rings is 1. The van der Waals surface area contributed by atoms with E-state index in [0.29, 0.717) is 49.9 Å². The van der Waals surface area contributed by atoms with Crippen molar-refractivity contribution in [1.82, 2.24) is 14.9 Å². The molecule has 10 heteroatoms. The van der Waals surface area contributed by atoms with Crippen molar-refractivity contribution in [3.05, 3.63) is 40.5 Å². The van der Waals surface area contributed by atoms with Gasteiger partial charge in [0.15, 0.2) is 0 Å². The summed E-state index contributed by atoms with van der Waals surface area (Å²) in [6.07, 6.45) is 3.65. The molecule has 2 aliphatic heterocycles. The summed E-state index contributed by atoms with van der Waals surface area (Å²) in [5.41, 5.74) is 2.03. The molecule has 1 aromatic heterocycles. The Balaban J connectivity index is 1.49. The molecule has 8 nitrogen and oxygen atoms in total. The van der Waals surface area contributed by atoms with Gasteiger partial charge in [-0.25, -0.2) is 4.98 Å². The second kappa shape index (κ2) is 11.2. The van der Waals surface area contributed by atoms with E-state index in [9.17, 15) is 9.00 Å². The summed E-state index contributed by atoms with van der Waals surface area (Å²) in [5, 5.41) is 4.07. The van der Waals surface area contributed by atoms with Gasteiger partial charge >= 0.3 is 0 Å². The summed E-state index contributed by atoms with van der Waals surface area (Å²) < 4.78 is 18.3. The fraction of sp³-hybridized carbons (Fsp3) is 0.560. The maximum absolute atomic E-state index is 12.6. The molecule has 0 saturated carbocycles. The molecule has 1 atom stereocenters. The van der Waals surface area contributed by atoms with Crippen molar-refractivity contribution in [2.24, 2.45) is 0 Å². The summed E-state index contributed by atoms with van der Waals surface area (Å²) in [7, 11) is 4.17. The van der Waals surface area contributed by atoms with Crippen molar-refractivity contribution >= 4 is 40.1 Å². The Morgan fingerprint density at radius 3 is 2.60 bits per heavy atom. The average molecular weight is 520 g/mol. The number of hydrogen-bond donors (Lipinski definition) is 1. The molecule has 0 spiro atoms. The summed E-state index contributed by atoms with van der Waals surface area (Å²) in [5.74, 6) is 1.99. The molecular weight excluding hydrogens is 486 g/mol. The summed E-state index contributed by atoms with van der Waals surface area (Å²) in [6.45, 7) is 2.83. The third-order valence-corrected chi connectivity index (χ3v) is 8.63. The number of aromatic nitrogens is 2. The molecule has 0 radical (unpaired) electrons. The van der Waals surface area contributed by atoms with E-state index in [1.165, 1.54) is 5.56 Å². The first-order valence-corrected chi connectivity index (χ1v) is 13.8. The fourth-order valence-electron chi connectivity index (χ4n) is 4.85.